The Kier molecular flexibility index (Phi) is 3.93. The number of halogens is 2. The van der Waals surface area contributed by atoms with E-state index >= 15 is 0 Å². The summed E-state index contributed by atoms with van der Waals surface area (Å²) in [5, 5.41) is 0. The highest BCUT2D eigenvalue weighted by molar-refractivity contribution is 5.38. The van der Waals surface area contributed by atoms with Crippen molar-refractivity contribution in [2.24, 2.45) is 0 Å². The molecular weight excluding hydrogens is 186 g/mol. The number of alkyl halides is 2. The van der Waals surface area contributed by atoms with Crippen molar-refractivity contribution >= 4 is 0 Å². The predicted molar refractivity (Wildman–Crippen MR) is 50.5 cm³/mol. The number of benzene rings is 1. The lowest BCUT2D eigenvalue weighted by atomic mass is 10.2. The zero-order valence-corrected chi connectivity index (χ0v) is 7.54. The molecule has 1 nitrogen and oxygen atoms in total. The highest BCUT2D eigenvalue weighted by atomic mass is 19.3. The Morgan fingerprint density at radius 1 is 1.43 bits per heavy atom. The highest BCUT2D eigenvalue weighted by Gasteiger charge is 2.02. The van der Waals surface area contributed by atoms with Gasteiger partial charge in [-0.3, -0.25) is 0 Å². The van der Waals surface area contributed by atoms with Crippen LogP contribution in [0.3, 0.4) is 0 Å². The zero-order chi connectivity index (χ0) is 10.4. The van der Waals surface area contributed by atoms with E-state index in [4.69, 9.17) is 11.2 Å². The smallest absolute Gasteiger partial charge is 0.241 e. The molecular formula is C11H10F2O. The Morgan fingerprint density at radius 3 is 2.86 bits per heavy atom. The van der Waals surface area contributed by atoms with Gasteiger partial charge >= 0.3 is 0 Å². The van der Waals surface area contributed by atoms with E-state index in [1.54, 1.807) is 24.3 Å². The molecule has 14 heavy (non-hydrogen) atoms. The van der Waals surface area contributed by atoms with Gasteiger partial charge in [-0.05, 0) is 18.2 Å². The van der Waals surface area contributed by atoms with Gasteiger partial charge in [-0.15, -0.1) is 6.42 Å². The summed E-state index contributed by atoms with van der Waals surface area (Å²) in [5.41, 5.74) is 0.680. The van der Waals surface area contributed by atoms with Gasteiger partial charge in [0.2, 0.25) is 6.43 Å². The maximum atomic E-state index is 11.8. The molecule has 0 saturated carbocycles. The Bertz CT molecular complexity index is 328. The molecule has 0 aliphatic carbocycles. The molecule has 0 aromatic heterocycles. The SMILES string of the molecule is C#Cc1cccc(OCCC(F)F)c1. The second-order valence-electron chi connectivity index (χ2n) is 2.70. The maximum Gasteiger partial charge on any atom is 0.241 e. The number of ether oxygens (including phenoxy) is 1. The third-order valence-corrected chi connectivity index (χ3v) is 1.61. The first-order valence-corrected chi connectivity index (χ1v) is 4.20. The molecule has 1 aromatic carbocycles. The Hall–Kier alpha value is -1.56. The van der Waals surface area contributed by atoms with E-state index in [0.717, 1.165) is 0 Å². The van der Waals surface area contributed by atoms with Gasteiger partial charge in [0.1, 0.15) is 5.75 Å². The fourth-order valence-corrected chi connectivity index (χ4v) is 0.942. The molecule has 3 heteroatoms. The average Bonchev–Trinajstić information content (AvgIpc) is 2.18. The summed E-state index contributed by atoms with van der Waals surface area (Å²) >= 11 is 0. The van der Waals surface area contributed by atoms with Crippen molar-refractivity contribution in [2.45, 2.75) is 12.8 Å². The van der Waals surface area contributed by atoms with Gasteiger partial charge in [0.25, 0.3) is 0 Å². The summed E-state index contributed by atoms with van der Waals surface area (Å²) < 4.78 is 28.6. The topological polar surface area (TPSA) is 9.23 Å². The van der Waals surface area contributed by atoms with Crippen LogP contribution in [-0.2, 0) is 0 Å². The normalized spacial score (nSPS) is 9.86. The fourth-order valence-electron chi connectivity index (χ4n) is 0.942. The molecule has 0 bridgehead atoms. The summed E-state index contributed by atoms with van der Waals surface area (Å²) in [7, 11) is 0. The van der Waals surface area contributed by atoms with Crippen LogP contribution in [0.15, 0.2) is 24.3 Å². The van der Waals surface area contributed by atoms with Crippen molar-refractivity contribution in [2.75, 3.05) is 6.61 Å². The Morgan fingerprint density at radius 2 is 2.21 bits per heavy atom. The van der Waals surface area contributed by atoms with Crippen LogP contribution >= 0.6 is 0 Å². The number of rotatable bonds is 4. The van der Waals surface area contributed by atoms with E-state index in [1.165, 1.54) is 0 Å². The van der Waals surface area contributed by atoms with Gasteiger partial charge in [0, 0.05) is 12.0 Å². The predicted octanol–water partition coefficient (Wildman–Crippen LogP) is 2.70. The summed E-state index contributed by atoms with van der Waals surface area (Å²) in [4.78, 5) is 0. The van der Waals surface area contributed by atoms with E-state index in [2.05, 4.69) is 5.92 Å². The van der Waals surface area contributed by atoms with E-state index in [-0.39, 0.29) is 13.0 Å². The molecule has 0 aliphatic rings. The molecule has 1 aromatic rings. The van der Waals surface area contributed by atoms with Gasteiger partial charge in [-0.2, -0.15) is 0 Å². The van der Waals surface area contributed by atoms with Gasteiger partial charge in [0.05, 0.1) is 6.61 Å². The van der Waals surface area contributed by atoms with Crippen LogP contribution in [0.25, 0.3) is 0 Å². The molecule has 74 valence electrons. The van der Waals surface area contributed by atoms with Crippen LogP contribution in [0.1, 0.15) is 12.0 Å². The van der Waals surface area contributed by atoms with Crippen LogP contribution in [0, 0.1) is 12.3 Å². The van der Waals surface area contributed by atoms with Crippen molar-refractivity contribution in [3.63, 3.8) is 0 Å². The largest absolute Gasteiger partial charge is 0.493 e. The van der Waals surface area contributed by atoms with E-state index < -0.39 is 6.43 Å². The van der Waals surface area contributed by atoms with E-state index in [0.29, 0.717) is 11.3 Å². The summed E-state index contributed by atoms with van der Waals surface area (Å²) in [5.74, 6) is 2.97. The molecule has 0 fully saturated rings. The van der Waals surface area contributed by atoms with Crippen molar-refractivity contribution in [1.29, 1.82) is 0 Å². The monoisotopic (exact) mass is 196 g/mol. The van der Waals surface area contributed by atoms with Crippen molar-refractivity contribution in [1.82, 2.24) is 0 Å². The van der Waals surface area contributed by atoms with Gasteiger partial charge in [-0.1, -0.05) is 12.0 Å². The number of hydrogen-bond donors (Lipinski definition) is 0. The lowest BCUT2D eigenvalue weighted by molar-refractivity contribution is 0.114. The van der Waals surface area contributed by atoms with Crippen LogP contribution in [0.2, 0.25) is 0 Å². The summed E-state index contributed by atoms with van der Waals surface area (Å²) in [6.07, 6.45) is 2.58. The molecule has 0 atom stereocenters. The van der Waals surface area contributed by atoms with Gasteiger partial charge < -0.3 is 4.74 Å². The van der Waals surface area contributed by atoms with E-state index in [9.17, 15) is 8.78 Å². The third kappa shape index (κ3) is 3.44. The van der Waals surface area contributed by atoms with Crippen molar-refractivity contribution in [3.05, 3.63) is 29.8 Å². The number of hydrogen-bond acceptors (Lipinski definition) is 1. The standard InChI is InChI=1S/C11H10F2O/c1-2-9-4-3-5-10(8-9)14-7-6-11(12)13/h1,3-5,8,11H,6-7H2. The molecule has 0 N–H and O–H groups in total. The van der Waals surface area contributed by atoms with Crippen LogP contribution in [-0.4, -0.2) is 13.0 Å². The molecule has 1 rings (SSSR count). The third-order valence-electron chi connectivity index (χ3n) is 1.61. The first kappa shape index (κ1) is 10.5. The van der Waals surface area contributed by atoms with Gasteiger partial charge in [-0.25, -0.2) is 8.78 Å². The molecule has 0 amide bonds. The number of terminal acetylenes is 1. The molecule has 0 unspecified atom stereocenters. The average molecular weight is 196 g/mol. The summed E-state index contributed by atoms with van der Waals surface area (Å²) in [6.45, 7) is 0.00565. The molecule has 0 aliphatic heterocycles. The van der Waals surface area contributed by atoms with Crippen LogP contribution < -0.4 is 4.74 Å². The lowest BCUT2D eigenvalue weighted by Gasteiger charge is -2.05. The fraction of sp³-hybridized carbons (Fsp3) is 0.273. The first-order chi connectivity index (χ1) is 6.72. The minimum atomic E-state index is -2.33. The van der Waals surface area contributed by atoms with E-state index in [1.807, 2.05) is 0 Å². The Balaban J connectivity index is 2.47. The second-order valence-corrected chi connectivity index (χ2v) is 2.70. The first-order valence-electron chi connectivity index (χ1n) is 4.20. The lowest BCUT2D eigenvalue weighted by Crippen LogP contribution is -2.02. The molecule has 0 spiro atoms. The van der Waals surface area contributed by atoms with Crippen molar-refractivity contribution < 1.29 is 13.5 Å². The molecule has 0 radical (unpaired) electrons. The zero-order valence-electron chi connectivity index (χ0n) is 7.54. The minimum Gasteiger partial charge on any atom is -0.493 e. The van der Waals surface area contributed by atoms with Gasteiger partial charge in [0.15, 0.2) is 0 Å². The molecule has 0 saturated heterocycles. The molecule has 0 heterocycles. The highest BCUT2D eigenvalue weighted by Crippen LogP contribution is 2.13. The summed E-state index contributed by atoms with van der Waals surface area (Å²) in [6, 6.07) is 6.81. The second kappa shape index (κ2) is 5.23. The quantitative estimate of drug-likeness (QED) is 0.673. The van der Waals surface area contributed by atoms with Crippen molar-refractivity contribution in [3.8, 4) is 18.1 Å². The maximum absolute atomic E-state index is 11.8. The van der Waals surface area contributed by atoms with Crippen LogP contribution in [0.5, 0.6) is 5.75 Å². The van der Waals surface area contributed by atoms with Crippen LogP contribution in [0.4, 0.5) is 8.78 Å². The Labute approximate surface area is 81.7 Å². The minimum absolute atomic E-state index is 0.00565.